The average molecular weight is 150 g/mol. The van der Waals surface area contributed by atoms with Crippen LogP contribution in [-0.2, 0) is 0 Å². The van der Waals surface area contributed by atoms with Crippen molar-refractivity contribution in [2.24, 2.45) is 0 Å². The van der Waals surface area contributed by atoms with E-state index < -0.39 is 0 Å². The van der Waals surface area contributed by atoms with Crippen LogP contribution < -0.4 is 10.6 Å². The Labute approximate surface area is 67.0 Å². The van der Waals surface area contributed by atoms with Crippen LogP contribution in [-0.4, -0.2) is 0 Å². The van der Waals surface area contributed by atoms with Crippen molar-refractivity contribution in [3.63, 3.8) is 0 Å². The summed E-state index contributed by atoms with van der Waals surface area (Å²) >= 11 is 0. The molecule has 0 saturated heterocycles. The van der Waals surface area contributed by atoms with Crippen molar-refractivity contribution in [3.8, 4) is 0 Å². The predicted octanol–water partition coefficient (Wildman–Crippen LogP) is 1.58. The number of rotatable bonds is 1. The SMILES string of the molecule is C=c1occ(C)/c1=C(\C)CC. The first-order valence-corrected chi connectivity index (χ1v) is 3.89. The second-order valence-corrected chi connectivity index (χ2v) is 2.85. The van der Waals surface area contributed by atoms with Crippen molar-refractivity contribution < 1.29 is 4.42 Å². The molecule has 11 heavy (non-hydrogen) atoms. The molecule has 0 spiro atoms. The molecule has 0 aliphatic rings. The highest BCUT2D eigenvalue weighted by molar-refractivity contribution is 5.42. The summed E-state index contributed by atoms with van der Waals surface area (Å²) in [6.07, 6.45) is 2.82. The molecule has 0 fully saturated rings. The molecule has 1 heterocycles. The van der Waals surface area contributed by atoms with Crippen LogP contribution in [0.1, 0.15) is 25.8 Å². The summed E-state index contributed by atoms with van der Waals surface area (Å²) < 4.78 is 5.19. The van der Waals surface area contributed by atoms with E-state index in [4.69, 9.17) is 4.42 Å². The van der Waals surface area contributed by atoms with Crippen molar-refractivity contribution >= 4 is 12.2 Å². The normalized spacial score (nSPS) is 13.4. The number of hydrogen-bond donors (Lipinski definition) is 0. The summed E-state index contributed by atoms with van der Waals surface area (Å²) in [5.41, 5.74) is 3.33. The first-order valence-electron chi connectivity index (χ1n) is 3.89. The summed E-state index contributed by atoms with van der Waals surface area (Å²) in [4.78, 5) is 0. The maximum atomic E-state index is 5.19. The Bertz CT molecular complexity index is 343. The van der Waals surface area contributed by atoms with E-state index in [0.29, 0.717) is 0 Å². The minimum absolute atomic E-state index is 0.793. The fraction of sp³-hybridized carbons (Fsp3) is 0.400. The van der Waals surface area contributed by atoms with Gasteiger partial charge in [-0.1, -0.05) is 19.1 Å². The van der Waals surface area contributed by atoms with Crippen LogP contribution in [0, 0.1) is 6.92 Å². The Balaban J connectivity index is 3.55. The molecule has 0 unspecified atom stereocenters. The number of hydrogen-bond acceptors (Lipinski definition) is 1. The van der Waals surface area contributed by atoms with Gasteiger partial charge in [-0.3, -0.25) is 0 Å². The van der Waals surface area contributed by atoms with Gasteiger partial charge in [0.25, 0.3) is 0 Å². The van der Waals surface area contributed by atoms with Crippen LogP contribution in [0.2, 0.25) is 0 Å². The van der Waals surface area contributed by atoms with Gasteiger partial charge in [-0.05, 0) is 25.8 Å². The van der Waals surface area contributed by atoms with Gasteiger partial charge in [-0.15, -0.1) is 0 Å². The minimum Gasteiger partial charge on any atom is -0.465 e. The molecule has 0 aliphatic carbocycles. The summed E-state index contributed by atoms with van der Waals surface area (Å²) in [6, 6.07) is 0. The molecule has 0 N–H and O–H groups in total. The Hall–Kier alpha value is -0.980. The lowest BCUT2D eigenvalue weighted by molar-refractivity contribution is 0.531. The Morgan fingerprint density at radius 3 is 2.64 bits per heavy atom. The highest BCUT2D eigenvalue weighted by Gasteiger charge is 1.96. The van der Waals surface area contributed by atoms with Gasteiger partial charge < -0.3 is 4.42 Å². The van der Waals surface area contributed by atoms with Crippen LogP contribution in [0.25, 0.3) is 12.2 Å². The molecular weight excluding hydrogens is 136 g/mol. The molecule has 0 aliphatic heterocycles. The van der Waals surface area contributed by atoms with Crippen LogP contribution in [0.15, 0.2) is 10.7 Å². The van der Waals surface area contributed by atoms with Gasteiger partial charge in [0.1, 0.15) is 5.42 Å². The molecule has 1 aromatic rings. The van der Waals surface area contributed by atoms with E-state index >= 15 is 0 Å². The lowest BCUT2D eigenvalue weighted by atomic mass is 10.1. The maximum absolute atomic E-state index is 5.19. The second kappa shape index (κ2) is 2.95. The van der Waals surface area contributed by atoms with E-state index in [1.165, 1.54) is 16.4 Å². The standard InChI is InChI=1S/C10H14O/c1-5-7(2)10-8(3)6-11-9(10)4/h6H,4-5H2,1-3H3/b10-7-. The average Bonchev–Trinajstić information content (AvgIpc) is 2.30. The molecule has 1 heteroatoms. The molecular formula is C10H14O. The zero-order chi connectivity index (χ0) is 8.43. The summed E-state index contributed by atoms with van der Waals surface area (Å²) in [5, 5.41) is 1.20. The largest absolute Gasteiger partial charge is 0.465 e. The molecule has 0 saturated carbocycles. The summed E-state index contributed by atoms with van der Waals surface area (Å²) in [6.45, 7) is 10.1. The lowest BCUT2D eigenvalue weighted by Crippen LogP contribution is -2.22. The fourth-order valence-corrected chi connectivity index (χ4v) is 1.25. The van der Waals surface area contributed by atoms with E-state index in [0.717, 1.165) is 11.8 Å². The van der Waals surface area contributed by atoms with E-state index in [1.54, 1.807) is 6.26 Å². The fourth-order valence-electron chi connectivity index (χ4n) is 1.25. The van der Waals surface area contributed by atoms with Gasteiger partial charge >= 0.3 is 0 Å². The first-order chi connectivity index (χ1) is 5.16. The van der Waals surface area contributed by atoms with Crippen molar-refractivity contribution in [3.05, 3.63) is 22.5 Å². The Morgan fingerprint density at radius 2 is 2.27 bits per heavy atom. The van der Waals surface area contributed by atoms with Gasteiger partial charge in [0.05, 0.1) is 6.26 Å². The van der Waals surface area contributed by atoms with Gasteiger partial charge in [0, 0.05) is 5.22 Å². The zero-order valence-corrected chi connectivity index (χ0v) is 7.40. The van der Waals surface area contributed by atoms with E-state index in [1.807, 2.05) is 6.92 Å². The molecule has 1 rings (SSSR count). The van der Waals surface area contributed by atoms with E-state index in [2.05, 4.69) is 20.4 Å². The van der Waals surface area contributed by atoms with Crippen molar-refractivity contribution in [1.82, 2.24) is 0 Å². The molecule has 0 amide bonds. The quantitative estimate of drug-likeness (QED) is 0.592. The zero-order valence-electron chi connectivity index (χ0n) is 7.40. The van der Waals surface area contributed by atoms with Crippen LogP contribution in [0.5, 0.6) is 0 Å². The van der Waals surface area contributed by atoms with Crippen LogP contribution in [0.3, 0.4) is 0 Å². The molecule has 1 aromatic heterocycles. The highest BCUT2D eigenvalue weighted by atomic mass is 16.3. The van der Waals surface area contributed by atoms with Gasteiger partial charge in [-0.2, -0.15) is 0 Å². The molecule has 0 atom stereocenters. The van der Waals surface area contributed by atoms with Gasteiger partial charge in [0.2, 0.25) is 0 Å². The third kappa shape index (κ3) is 1.37. The maximum Gasteiger partial charge on any atom is 0.126 e. The Kier molecular flexibility index (Phi) is 2.18. The molecule has 0 bridgehead atoms. The lowest BCUT2D eigenvalue weighted by Gasteiger charge is -1.91. The predicted molar refractivity (Wildman–Crippen MR) is 47.6 cm³/mol. The first kappa shape index (κ1) is 8.12. The topological polar surface area (TPSA) is 13.1 Å². The smallest absolute Gasteiger partial charge is 0.126 e. The molecule has 0 radical (unpaired) electrons. The second-order valence-electron chi connectivity index (χ2n) is 2.85. The van der Waals surface area contributed by atoms with Crippen molar-refractivity contribution in [2.45, 2.75) is 27.2 Å². The monoisotopic (exact) mass is 150 g/mol. The number of aryl methyl sites for hydroxylation is 1. The summed E-state index contributed by atoms with van der Waals surface area (Å²) in [5.74, 6) is 0. The number of furan rings is 1. The van der Waals surface area contributed by atoms with Crippen molar-refractivity contribution in [2.75, 3.05) is 0 Å². The van der Waals surface area contributed by atoms with E-state index in [9.17, 15) is 0 Å². The van der Waals surface area contributed by atoms with Crippen LogP contribution in [0.4, 0.5) is 0 Å². The molecule has 1 nitrogen and oxygen atoms in total. The Morgan fingerprint density at radius 1 is 1.64 bits per heavy atom. The highest BCUT2D eigenvalue weighted by Crippen LogP contribution is 1.96. The van der Waals surface area contributed by atoms with Crippen molar-refractivity contribution in [1.29, 1.82) is 0 Å². The summed E-state index contributed by atoms with van der Waals surface area (Å²) in [7, 11) is 0. The molecule has 0 aromatic carbocycles. The van der Waals surface area contributed by atoms with Gasteiger partial charge in [-0.25, -0.2) is 0 Å². The third-order valence-corrected chi connectivity index (χ3v) is 2.01. The van der Waals surface area contributed by atoms with Crippen LogP contribution >= 0.6 is 0 Å². The third-order valence-electron chi connectivity index (χ3n) is 2.01. The molecule has 60 valence electrons. The minimum atomic E-state index is 0.793. The van der Waals surface area contributed by atoms with Gasteiger partial charge in [0.15, 0.2) is 0 Å². The van der Waals surface area contributed by atoms with E-state index in [-0.39, 0.29) is 0 Å².